The number of hydrogen-bond acceptors (Lipinski definition) is 3. The maximum atomic E-state index is 11.8. The lowest BCUT2D eigenvalue weighted by Gasteiger charge is -2.05. The first-order valence-electron chi connectivity index (χ1n) is 7.31. The molecule has 114 valence electrons. The van der Waals surface area contributed by atoms with Crippen molar-refractivity contribution in [3.05, 3.63) is 36.0 Å². The summed E-state index contributed by atoms with van der Waals surface area (Å²) in [6, 6.07) is 8.10. The number of nitrogens with one attached hydrogen (secondary N) is 2. The van der Waals surface area contributed by atoms with Gasteiger partial charge in [0.2, 0.25) is 5.91 Å². The van der Waals surface area contributed by atoms with Crippen molar-refractivity contribution in [2.24, 2.45) is 0 Å². The Morgan fingerprint density at radius 2 is 2.14 bits per heavy atom. The number of fused-ring (bicyclic) bond motifs is 1. The summed E-state index contributed by atoms with van der Waals surface area (Å²) in [5.74, 6) is 0.0578. The van der Waals surface area contributed by atoms with Crippen LogP contribution in [0.2, 0.25) is 0 Å². The summed E-state index contributed by atoms with van der Waals surface area (Å²) in [6.07, 6.45) is 3.95. The van der Waals surface area contributed by atoms with Crippen LogP contribution in [0.15, 0.2) is 30.5 Å². The summed E-state index contributed by atoms with van der Waals surface area (Å²) in [5.41, 5.74) is 2.28. The van der Waals surface area contributed by atoms with Crippen LogP contribution < -0.4 is 5.32 Å². The van der Waals surface area contributed by atoms with Gasteiger partial charge >= 0.3 is 0 Å². The number of aliphatic hydroxyl groups is 1. The molecule has 1 heterocycles. The standard InChI is InChI=1S/C16H22N2O3/c19-9-11-21-10-3-8-17-16(20)7-6-13-12-18-15-5-2-1-4-14(13)15/h1-2,4-5,12,18-19H,3,6-11H2,(H,17,20). The maximum Gasteiger partial charge on any atom is 0.220 e. The van der Waals surface area contributed by atoms with Gasteiger partial charge in [-0.05, 0) is 24.5 Å². The summed E-state index contributed by atoms with van der Waals surface area (Å²) < 4.78 is 5.13. The third-order valence-electron chi connectivity index (χ3n) is 3.32. The zero-order valence-corrected chi connectivity index (χ0v) is 12.1. The third kappa shape index (κ3) is 4.88. The smallest absolute Gasteiger partial charge is 0.220 e. The molecule has 21 heavy (non-hydrogen) atoms. The summed E-state index contributed by atoms with van der Waals surface area (Å²) in [6.45, 7) is 1.56. The number of H-pyrrole nitrogens is 1. The second-order valence-electron chi connectivity index (χ2n) is 4.90. The number of benzene rings is 1. The van der Waals surface area contributed by atoms with Crippen LogP contribution in [0.5, 0.6) is 0 Å². The van der Waals surface area contributed by atoms with Gasteiger partial charge in [-0.15, -0.1) is 0 Å². The highest BCUT2D eigenvalue weighted by atomic mass is 16.5. The third-order valence-corrected chi connectivity index (χ3v) is 3.32. The van der Waals surface area contributed by atoms with Crippen LogP contribution in [-0.4, -0.2) is 42.4 Å². The van der Waals surface area contributed by atoms with Gasteiger partial charge in [-0.3, -0.25) is 4.79 Å². The summed E-state index contributed by atoms with van der Waals surface area (Å²) in [7, 11) is 0. The number of aromatic amines is 1. The van der Waals surface area contributed by atoms with Crippen LogP contribution in [0.1, 0.15) is 18.4 Å². The lowest BCUT2D eigenvalue weighted by atomic mass is 10.1. The Bertz CT molecular complexity index is 565. The van der Waals surface area contributed by atoms with E-state index < -0.39 is 0 Å². The molecule has 0 aliphatic heterocycles. The normalized spacial score (nSPS) is 10.9. The Labute approximate surface area is 124 Å². The molecule has 1 amide bonds. The van der Waals surface area contributed by atoms with Gasteiger partial charge in [-0.25, -0.2) is 0 Å². The van der Waals surface area contributed by atoms with Gasteiger partial charge in [0.25, 0.3) is 0 Å². The summed E-state index contributed by atoms with van der Waals surface area (Å²) in [5, 5.41) is 12.6. The van der Waals surface area contributed by atoms with E-state index in [1.807, 2.05) is 24.4 Å². The first-order valence-corrected chi connectivity index (χ1v) is 7.31. The van der Waals surface area contributed by atoms with Crippen molar-refractivity contribution in [2.75, 3.05) is 26.4 Å². The van der Waals surface area contributed by atoms with Gasteiger partial charge in [0.05, 0.1) is 13.2 Å². The average Bonchev–Trinajstić information content (AvgIpc) is 2.92. The number of aromatic nitrogens is 1. The number of ether oxygens (including phenoxy) is 1. The van der Waals surface area contributed by atoms with Crippen molar-refractivity contribution >= 4 is 16.8 Å². The minimum Gasteiger partial charge on any atom is -0.394 e. The monoisotopic (exact) mass is 290 g/mol. The fourth-order valence-corrected chi connectivity index (χ4v) is 2.24. The maximum absolute atomic E-state index is 11.8. The number of aryl methyl sites for hydroxylation is 1. The van der Waals surface area contributed by atoms with E-state index in [9.17, 15) is 4.79 Å². The van der Waals surface area contributed by atoms with E-state index in [0.29, 0.717) is 26.2 Å². The minimum absolute atomic E-state index is 0.0387. The summed E-state index contributed by atoms with van der Waals surface area (Å²) in [4.78, 5) is 15.0. The first kappa shape index (κ1) is 15.5. The van der Waals surface area contributed by atoms with Gasteiger partial charge in [0.15, 0.2) is 0 Å². The molecule has 0 aliphatic carbocycles. The number of carbonyl (C=O) groups excluding carboxylic acids is 1. The molecule has 0 bridgehead atoms. The molecule has 5 nitrogen and oxygen atoms in total. The second-order valence-corrected chi connectivity index (χ2v) is 4.90. The predicted octanol–water partition coefficient (Wildman–Crippen LogP) is 1.62. The van der Waals surface area contributed by atoms with Crippen molar-refractivity contribution in [1.29, 1.82) is 0 Å². The molecule has 1 aromatic carbocycles. The van der Waals surface area contributed by atoms with Crippen LogP contribution >= 0.6 is 0 Å². The van der Waals surface area contributed by atoms with E-state index in [-0.39, 0.29) is 12.5 Å². The molecule has 0 saturated carbocycles. The van der Waals surface area contributed by atoms with Gasteiger partial charge in [0.1, 0.15) is 0 Å². The van der Waals surface area contributed by atoms with Crippen molar-refractivity contribution < 1.29 is 14.6 Å². The highest BCUT2D eigenvalue weighted by Gasteiger charge is 2.06. The van der Waals surface area contributed by atoms with E-state index in [1.54, 1.807) is 0 Å². The number of para-hydroxylation sites is 1. The molecule has 0 radical (unpaired) electrons. The molecule has 2 rings (SSSR count). The van der Waals surface area contributed by atoms with Crippen LogP contribution in [0.3, 0.4) is 0 Å². The minimum atomic E-state index is 0.0387. The molecule has 0 saturated heterocycles. The summed E-state index contributed by atoms with van der Waals surface area (Å²) >= 11 is 0. The zero-order valence-electron chi connectivity index (χ0n) is 12.1. The molecule has 0 aliphatic rings. The zero-order chi connectivity index (χ0) is 14.9. The number of carbonyl (C=O) groups is 1. The Balaban J connectivity index is 1.67. The lowest BCUT2D eigenvalue weighted by Crippen LogP contribution is -2.25. The second kappa shape index (κ2) is 8.44. The Morgan fingerprint density at radius 3 is 3.00 bits per heavy atom. The highest BCUT2D eigenvalue weighted by molar-refractivity contribution is 5.84. The molecule has 3 N–H and O–H groups in total. The van der Waals surface area contributed by atoms with Crippen molar-refractivity contribution in [3.8, 4) is 0 Å². The highest BCUT2D eigenvalue weighted by Crippen LogP contribution is 2.18. The fraction of sp³-hybridized carbons (Fsp3) is 0.438. The topological polar surface area (TPSA) is 74.4 Å². The van der Waals surface area contributed by atoms with E-state index >= 15 is 0 Å². The number of hydrogen-bond donors (Lipinski definition) is 3. The molecule has 0 unspecified atom stereocenters. The molecular weight excluding hydrogens is 268 g/mol. The first-order chi connectivity index (χ1) is 10.3. The Hall–Kier alpha value is -1.85. The largest absolute Gasteiger partial charge is 0.394 e. The van der Waals surface area contributed by atoms with Crippen LogP contribution in [-0.2, 0) is 16.0 Å². The van der Waals surface area contributed by atoms with E-state index in [2.05, 4.69) is 16.4 Å². The van der Waals surface area contributed by atoms with Gasteiger partial charge in [0, 0.05) is 36.7 Å². The van der Waals surface area contributed by atoms with E-state index in [1.165, 1.54) is 10.9 Å². The number of rotatable bonds is 9. The molecule has 1 aromatic heterocycles. The van der Waals surface area contributed by atoms with Crippen LogP contribution in [0, 0.1) is 0 Å². The quantitative estimate of drug-likeness (QED) is 0.614. The van der Waals surface area contributed by atoms with Gasteiger partial charge in [-0.1, -0.05) is 18.2 Å². The molecular formula is C16H22N2O3. The molecule has 5 heteroatoms. The SMILES string of the molecule is O=C(CCc1c[nH]c2ccccc12)NCCCOCCO. The lowest BCUT2D eigenvalue weighted by molar-refractivity contribution is -0.121. The number of aliphatic hydroxyl groups excluding tert-OH is 1. The van der Waals surface area contributed by atoms with E-state index in [0.717, 1.165) is 18.4 Å². The average molecular weight is 290 g/mol. The number of amides is 1. The van der Waals surface area contributed by atoms with Crippen LogP contribution in [0.25, 0.3) is 10.9 Å². The van der Waals surface area contributed by atoms with Crippen molar-refractivity contribution in [3.63, 3.8) is 0 Å². The molecule has 0 atom stereocenters. The van der Waals surface area contributed by atoms with Crippen molar-refractivity contribution in [1.82, 2.24) is 10.3 Å². The van der Waals surface area contributed by atoms with E-state index in [4.69, 9.17) is 9.84 Å². The van der Waals surface area contributed by atoms with Gasteiger partial charge in [-0.2, -0.15) is 0 Å². The predicted molar refractivity (Wildman–Crippen MR) is 82.2 cm³/mol. The van der Waals surface area contributed by atoms with Gasteiger partial charge < -0.3 is 20.1 Å². The molecule has 0 spiro atoms. The molecule has 2 aromatic rings. The Morgan fingerprint density at radius 1 is 1.29 bits per heavy atom. The fourth-order valence-electron chi connectivity index (χ4n) is 2.24. The molecule has 0 fully saturated rings. The van der Waals surface area contributed by atoms with Crippen LogP contribution in [0.4, 0.5) is 0 Å². The Kier molecular flexibility index (Phi) is 6.24. The van der Waals surface area contributed by atoms with Crippen molar-refractivity contribution in [2.45, 2.75) is 19.3 Å².